The van der Waals surface area contributed by atoms with Crippen molar-refractivity contribution in [3.05, 3.63) is 23.7 Å². The minimum absolute atomic E-state index is 0.331. The van der Waals surface area contributed by atoms with Crippen LogP contribution in [0.2, 0.25) is 0 Å². The van der Waals surface area contributed by atoms with Gasteiger partial charge in [0.1, 0.15) is 18.6 Å². The Kier molecular flexibility index (Phi) is 5.64. The molecule has 0 radical (unpaired) electrons. The molecule has 0 fully saturated rings. The Morgan fingerprint density at radius 3 is 2.94 bits per heavy atom. The van der Waals surface area contributed by atoms with Gasteiger partial charge in [0.25, 0.3) is 0 Å². The molecule has 0 aromatic carbocycles. The summed E-state index contributed by atoms with van der Waals surface area (Å²) in [5.74, 6) is 0.296. The SMILES string of the molecule is CCCCCOC(=O)c1coc(COC)c1. The van der Waals surface area contributed by atoms with Gasteiger partial charge in [-0.2, -0.15) is 0 Å². The van der Waals surface area contributed by atoms with Crippen LogP contribution in [0.4, 0.5) is 0 Å². The maximum Gasteiger partial charge on any atom is 0.341 e. The number of ether oxygens (including phenoxy) is 2. The molecule has 0 aliphatic heterocycles. The number of furan rings is 1. The van der Waals surface area contributed by atoms with Gasteiger partial charge in [0.05, 0.1) is 12.2 Å². The number of carbonyl (C=O) groups excluding carboxylic acids is 1. The Balaban J connectivity index is 2.34. The minimum Gasteiger partial charge on any atom is -0.466 e. The van der Waals surface area contributed by atoms with Crippen molar-refractivity contribution in [3.8, 4) is 0 Å². The average Bonchev–Trinajstić information content (AvgIpc) is 2.73. The maximum absolute atomic E-state index is 11.5. The van der Waals surface area contributed by atoms with Crippen molar-refractivity contribution in [2.45, 2.75) is 32.8 Å². The van der Waals surface area contributed by atoms with Crippen LogP contribution < -0.4 is 0 Å². The van der Waals surface area contributed by atoms with Crippen LogP contribution in [-0.2, 0) is 16.1 Å². The smallest absolute Gasteiger partial charge is 0.341 e. The van der Waals surface area contributed by atoms with Gasteiger partial charge >= 0.3 is 5.97 Å². The first-order valence-corrected chi connectivity index (χ1v) is 5.51. The summed E-state index contributed by atoms with van der Waals surface area (Å²) in [4.78, 5) is 11.5. The fraction of sp³-hybridized carbons (Fsp3) is 0.583. The Bertz CT molecular complexity index is 317. The van der Waals surface area contributed by atoms with E-state index in [2.05, 4.69) is 6.92 Å². The molecule has 0 saturated carbocycles. The van der Waals surface area contributed by atoms with Gasteiger partial charge in [0.2, 0.25) is 0 Å². The molecule has 0 amide bonds. The summed E-state index contributed by atoms with van der Waals surface area (Å²) in [6.07, 6.45) is 4.50. The van der Waals surface area contributed by atoms with Gasteiger partial charge in [0, 0.05) is 7.11 Å². The number of unbranched alkanes of at least 4 members (excludes halogenated alkanes) is 2. The largest absolute Gasteiger partial charge is 0.466 e. The van der Waals surface area contributed by atoms with Crippen LogP contribution in [0.3, 0.4) is 0 Å². The Hall–Kier alpha value is -1.29. The molecule has 4 nitrogen and oxygen atoms in total. The van der Waals surface area contributed by atoms with Gasteiger partial charge in [-0.05, 0) is 12.5 Å². The molecule has 0 N–H and O–H groups in total. The number of hydrogen-bond acceptors (Lipinski definition) is 4. The third kappa shape index (κ3) is 4.06. The predicted molar refractivity (Wildman–Crippen MR) is 59.2 cm³/mol. The number of carbonyl (C=O) groups is 1. The van der Waals surface area contributed by atoms with Crippen LogP contribution in [0.1, 0.15) is 42.3 Å². The summed E-state index contributed by atoms with van der Waals surface area (Å²) in [7, 11) is 1.57. The summed E-state index contributed by atoms with van der Waals surface area (Å²) in [5.41, 5.74) is 0.448. The van der Waals surface area contributed by atoms with E-state index in [0.29, 0.717) is 24.5 Å². The highest BCUT2D eigenvalue weighted by atomic mass is 16.5. The van der Waals surface area contributed by atoms with E-state index in [1.807, 2.05) is 0 Å². The van der Waals surface area contributed by atoms with E-state index < -0.39 is 0 Å². The first-order valence-electron chi connectivity index (χ1n) is 5.51. The highest BCUT2D eigenvalue weighted by Crippen LogP contribution is 2.10. The Labute approximate surface area is 95.5 Å². The van der Waals surface area contributed by atoms with E-state index in [1.54, 1.807) is 13.2 Å². The summed E-state index contributed by atoms with van der Waals surface area (Å²) in [5, 5.41) is 0. The van der Waals surface area contributed by atoms with Crippen molar-refractivity contribution in [2.24, 2.45) is 0 Å². The van der Waals surface area contributed by atoms with Crippen molar-refractivity contribution in [3.63, 3.8) is 0 Å². The number of hydrogen-bond donors (Lipinski definition) is 0. The molecule has 1 rings (SSSR count). The third-order valence-electron chi connectivity index (χ3n) is 2.16. The van der Waals surface area contributed by atoms with E-state index in [-0.39, 0.29) is 5.97 Å². The lowest BCUT2D eigenvalue weighted by Crippen LogP contribution is -2.05. The van der Waals surface area contributed by atoms with Crippen LogP contribution in [0.25, 0.3) is 0 Å². The second-order valence-corrected chi connectivity index (χ2v) is 3.58. The molecule has 0 atom stereocenters. The minimum atomic E-state index is -0.331. The molecule has 0 spiro atoms. The molecule has 4 heteroatoms. The van der Waals surface area contributed by atoms with Crippen LogP contribution in [0, 0.1) is 0 Å². The summed E-state index contributed by atoms with van der Waals surface area (Å²) in [6, 6.07) is 1.64. The van der Waals surface area contributed by atoms with E-state index in [0.717, 1.165) is 19.3 Å². The second kappa shape index (κ2) is 7.06. The van der Waals surface area contributed by atoms with E-state index >= 15 is 0 Å². The lowest BCUT2D eigenvalue weighted by Gasteiger charge is -2.01. The second-order valence-electron chi connectivity index (χ2n) is 3.58. The Morgan fingerprint density at radius 1 is 1.44 bits per heavy atom. The van der Waals surface area contributed by atoms with Crippen LogP contribution >= 0.6 is 0 Å². The highest BCUT2D eigenvalue weighted by molar-refractivity contribution is 5.89. The standard InChI is InChI=1S/C12H18O4/c1-3-4-5-6-15-12(13)10-7-11(9-14-2)16-8-10/h7-8H,3-6,9H2,1-2H3. The normalized spacial score (nSPS) is 10.4. The lowest BCUT2D eigenvalue weighted by molar-refractivity contribution is 0.0497. The molecule has 0 unspecified atom stereocenters. The van der Waals surface area contributed by atoms with Gasteiger partial charge in [0.15, 0.2) is 0 Å². The average molecular weight is 226 g/mol. The zero-order valence-electron chi connectivity index (χ0n) is 9.82. The van der Waals surface area contributed by atoms with Crippen molar-refractivity contribution in [1.82, 2.24) is 0 Å². The molecule has 1 aromatic heterocycles. The van der Waals surface area contributed by atoms with Gasteiger partial charge in [-0.1, -0.05) is 19.8 Å². The molecule has 90 valence electrons. The highest BCUT2D eigenvalue weighted by Gasteiger charge is 2.11. The molecular formula is C12H18O4. The molecule has 0 bridgehead atoms. The predicted octanol–water partition coefficient (Wildman–Crippen LogP) is 2.77. The molecule has 1 heterocycles. The third-order valence-corrected chi connectivity index (χ3v) is 2.16. The first-order chi connectivity index (χ1) is 7.77. The van der Waals surface area contributed by atoms with Gasteiger partial charge in [-0.25, -0.2) is 4.79 Å². The molecule has 1 aromatic rings. The molecule has 0 saturated heterocycles. The summed E-state index contributed by atoms with van der Waals surface area (Å²) >= 11 is 0. The number of esters is 1. The lowest BCUT2D eigenvalue weighted by atomic mass is 10.3. The quantitative estimate of drug-likeness (QED) is 0.530. The van der Waals surface area contributed by atoms with Crippen molar-refractivity contribution in [1.29, 1.82) is 0 Å². The fourth-order valence-electron chi connectivity index (χ4n) is 1.31. The van der Waals surface area contributed by atoms with Crippen LogP contribution in [0.15, 0.2) is 16.7 Å². The summed E-state index contributed by atoms with van der Waals surface area (Å²) in [6.45, 7) is 2.94. The molecule has 0 aliphatic rings. The maximum atomic E-state index is 11.5. The number of rotatable bonds is 7. The topological polar surface area (TPSA) is 48.7 Å². The molecule has 0 aliphatic carbocycles. The van der Waals surface area contributed by atoms with Crippen molar-refractivity contribution >= 4 is 5.97 Å². The van der Waals surface area contributed by atoms with Gasteiger partial charge < -0.3 is 13.9 Å². The van der Waals surface area contributed by atoms with Crippen LogP contribution in [0.5, 0.6) is 0 Å². The zero-order chi connectivity index (χ0) is 11.8. The van der Waals surface area contributed by atoms with E-state index in [1.165, 1.54) is 6.26 Å². The first kappa shape index (κ1) is 12.8. The van der Waals surface area contributed by atoms with Crippen LogP contribution in [-0.4, -0.2) is 19.7 Å². The monoisotopic (exact) mass is 226 g/mol. The molecule has 16 heavy (non-hydrogen) atoms. The van der Waals surface area contributed by atoms with Gasteiger partial charge in [-0.15, -0.1) is 0 Å². The van der Waals surface area contributed by atoms with Gasteiger partial charge in [-0.3, -0.25) is 0 Å². The number of methoxy groups -OCH3 is 1. The van der Waals surface area contributed by atoms with Crippen molar-refractivity contribution in [2.75, 3.05) is 13.7 Å². The van der Waals surface area contributed by atoms with Crippen molar-refractivity contribution < 1.29 is 18.7 Å². The Morgan fingerprint density at radius 2 is 2.25 bits per heavy atom. The zero-order valence-corrected chi connectivity index (χ0v) is 9.82. The fourth-order valence-corrected chi connectivity index (χ4v) is 1.31. The summed E-state index contributed by atoms with van der Waals surface area (Å²) < 4.78 is 15.1. The molecular weight excluding hydrogens is 208 g/mol. The van der Waals surface area contributed by atoms with E-state index in [4.69, 9.17) is 13.9 Å². The van der Waals surface area contributed by atoms with E-state index in [9.17, 15) is 4.79 Å².